The van der Waals surface area contributed by atoms with Gasteiger partial charge in [0.15, 0.2) is 0 Å². The monoisotopic (exact) mass is 155 g/mol. The number of hydrogen-bond acceptors (Lipinski definition) is 2. The summed E-state index contributed by atoms with van der Waals surface area (Å²) in [4.78, 5) is 2.59. The fourth-order valence-electron chi connectivity index (χ4n) is 1.76. The van der Waals surface area contributed by atoms with Gasteiger partial charge in [-0.2, -0.15) is 0 Å². The molecule has 2 heteroatoms. The molecule has 0 bridgehead atoms. The van der Waals surface area contributed by atoms with Crippen LogP contribution >= 0.6 is 0 Å². The summed E-state index contributed by atoms with van der Waals surface area (Å²) in [6.45, 7) is 5.51. The van der Waals surface area contributed by atoms with Crippen LogP contribution < -0.4 is 0 Å². The molecule has 2 nitrogen and oxygen atoms in total. The molecule has 1 heterocycles. The predicted octanol–water partition coefficient (Wildman–Crippen LogP) is 1.26. The van der Waals surface area contributed by atoms with E-state index in [-0.39, 0.29) is 0 Å². The number of morpholine rings is 1. The second-order valence-electron chi connectivity index (χ2n) is 3.63. The summed E-state index contributed by atoms with van der Waals surface area (Å²) in [5.41, 5.74) is 0. The van der Waals surface area contributed by atoms with Crippen LogP contribution in [0.25, 0.3) is 0 Å². The van der Waals surface area contributed by atoms with Crippen LogP contribution in [-0.4, -0.2) is 36.7 Å². The predicted molar refractivity (Wildman–Crippen MR) is 44.6 cm³/mol. The Morgan fingerprint density at radius 2 is 2.27 bits per heavy atom. The number of ether oxygens (including phenoxy) is 1. The average Bonchev–Trinajstić information content (AvgIpc) is 2.87. The molecule has 2 fully saturated rings. The van der Waals surface area contributed by atoms with E-state index in [1.807, 2.05) is 0 Å². The van der Waals surface area contributed by atoms with E-state index in [2.05, 4.69) is 11.8 Å². The highest BCUT2D eigenvalue weighted by Gasteiger charge is 2.32. The van der Waals surface area contributed by atoms with Crippen molar-refractivity contribution in [2.45, 2.75) is 38.3 Å². The van der Waals surface area contributed by atoms with Crippen LogP contribution in [0.5, 0.6) is 0 Å². The van der Waals surface area contributed by atoms with Crippen LogP contribution in [0.4, 0.5) is 0 Å². The van der Waals surface area contributed by atoms with E-state index < -0.39 is 0 Å². The van der Waals surface area contributed by atoms with Gasteiger partial charge in [0, 0.05) is 19.1 Å². The molecule has 1 aliphatic heterocycles. The molecule has 0 aromatic heterocycles. The molecule has 0 spiro atoms. The second-order valence-corrected chi connectivity index (χ2v) is 3.63. The Kier molecular flexibility index (Phi) is 2.14. The number of rotatable bonds is 2. The van der Waals surface area contributed by atoms with Gasteiger partial charge in [-0.3, -0.25) is 4.90 Å². The van der Waals surface area contributed by atoms with Crippen molar-refractivity contribution >= 4 is 0 Å². The molecule has 2 aliphatic rings. The van der Waals surface area contributed by atoms with Crippen LogP contribution in [0.2, 0.25) is 0 Å². The highest BCUT2D eigenvalue weighted by molar-refractivity contribution is 4.87. The smallest absolute Gasteiger partial charge is 0.0700 e. The average molecular weight is 155 g/mol. The summed E-state index contributed by atoms with van der Waals surface area (Å²) in [7, 11) is 0. The van der Waals surface area contributed by atoms with Crippen molar-refractivity contribution in [1.29, 1.82) is 0 Å². The first-order valence-corrected chi connectivity index (χ1v) is 4.76. The fraction of sp³-hybridized carbons (Fsp3) is 1.00. The van der Waals surface area contributed by atoms with Gasteiger partial charge in [-0.25, -0.2) is 0 Å². The lowest BCUT2D eigenvalue weighted by Gasteiger charge is -2.32. The van der Waals surface area contributed by atoms with Crippen LogP contribution in [-0.2, 0) is 4.74 Å². The van der Waals surface area contributed by atoms with E-state index in [0.29, 0.717) is 6.10 Å². The van der Waals surface area contributed by atoms with Gasteiger partial charge in [0.25, 0.3) is 0 Å². The Balaban J connectivity index is 1.82. The molecule has 64 valence electrons. The van der Waals surface area contributed by atoms with Crippen molar-refractivity contribution in [3.8, 4) is 0 Å². The molecular formula is C9H17NO. The molecule has 1 saturated carbocycles. The summed E-state index contributed by atoms with van der Waals surface area (Å²) in [6.07, 6.45) is 4.54. The van der Waals surface area contributed by atoms with E-state index in [9.17, 15) is 0 Å². The largest absolute Gasteiger partial charge is 0.376 e. The first-order valence-electron chi connectivity index (χ1n) is 4.76. The molecule has 0 aromatic rings. The van der Waals surface area contributed by atoms with Gasteiger partial charge in [0.2, 0.25) is 0 Å². The zero-order valence-electron chi connectivity index (χ0n) is 7.25. The lowest BCUT2D eigenvalue weighted by molar-refractivity contribution is -0.0325. The van der Waals surface area contributed by atoms with Crippen molar-refractivity contribution in [2.75, 3.05) is 19.7 Å². The van der Waals surface area contributed by atoms with Gasteiger partial charge in [-0.15, -0.1) is 0 Å². The SMILES string of the molecule is CCC1CN(C2CC2)CCO1. The molecule has 0 amide bonds. The first-order chi connectivity index (χ1) is 5.40. The highest BCUT2D eigenvalue weighted by Crippen LogP contribution is 2.28. The van der Waals surface area contributed by atoms with E-state index in [1.54, 1.807) is 0 Å². The quantitative estimate of drug-likeness (QED) is 0.595. The lowest BCUT2D eigenvalue weighted by atomic mass is 10.2. The Hall–Kier alpha value is -0.0800. The lowest BCUT2D eigenvalue weighted by Crippen LogP contribution is -2.43. The number of nitrogens with zero attached hydrogens (tertiary/aromatic N) is 1. The Bertz CT molecular complexity index is 134. The third-order valence-corrected chi connectivity index (χ3v) is 2.69. The second kappa shape index (κ2) is 3.11. The van der Waals surface area contributed by atoms with E-state index in [0.717, 1.165) is 12.6 Å². The standard InChI is InChI=1S/C9H17NO/c1-2-9-7-10(5-6-11-9)8-3-4-8/h8-9H,2-7H2,1H3. The minimum atomic E-state index is 0.518. The zero-order valence-corrected chi connectivity index (χ0v) is 7.25. The van der Waals surface area contributed by atoms with Crippen molar-refractivity contribution in [2.24, 2.45) is 0 Å². The zero-order chi connectivity index (χ0) is 7.68. The summed E-state index contributed by atoms with van der Waals surface area (Å²) in [6, 6.07) is 0.924. The summed E-state index contributed by atoms with van der Waals surface area (Å²) < 4.78 is 5.59. The van der Waals surface area contributed by atoms with Crippen LogP contribution in [0.1, 0.15) is 26.2 Å². The van der Waals surface area contributed by atoms with Crippen molar-refractivity contribution in [1.82, 2.24) is 4.90 Å². The van der Waals surface area contributed by atoms with Gasteiger partial charge in [-0.05, 0) is 19.3 Å². The summed E-state index contributed by atoms with van der Waals surface area (Å²) in [5.74, 6) is 0. The molecule has 1 atom stereocenters. The third-order valence-electron chi connectivity index (χ3n) is 2.69. The van der Waals surface area contributed by atoms with E-state index in [1.165, 1.54) is 32.4 Å². The van der Waals surface area contributed by atoms with Crippen LogP contribution in [0.3, 0.4) is 0 Å². The maximum absolute atomic E-state index is 5.59. The summed E-state index contributed by atoms with van der Waals surface area (Å²) in [5, 5.41) is 0. The van der Waals surface area contributed by atoms with Crippen molar-refractivity contribution in [3.63, 3.8) is 0 Å². The fourth-order valence-corrected chi connectivity index (χ4v) is 1.76. The normalized spacial score (nSPS) is 34.1. The third kappa shape index (κ3) is 1.74. The molecule has 11 heavy (non-hydrogen) atoms. The Labute approximate surface area is 68.5 Å². The molecular weight excluding hydrogens is 138 g/mol. The molecule has 0 radical (unpaired) electrons. The number of hydrogen-bond donors (Lipinski definition) is 0. The summed E-state index contributed by atoms with van der Waals surface area (Å²) >= 11 is 0. The Morgan fingerprint density at radius 3 is 2.91 bits per heavy atom. The molecule has 2 rings (SSSR count). The van der Waals surface area contributed by atoms with Crippen LogP contribution in [0.15, 0.2) is 0 Å². The van der Waals surface area contributed by atoms with Gasteiger partial charge in [-0.1, -0.05) is 6.92 Å². The molecule has 1 saturated heterocycles. The minimum absolute atomic E-state index is 0.518. The first kappa shape index (κ1) is 7.56. The van der Waals surface area contributed by atoms with Crippen LogP contribution in [0, 0.1) is 0 Å². The van der Waals surface area contributed by atoms with Gasteiger partial charge in [0.05, 0.1) is 12.7 Å². The van der Waals surface area contributed by atoms with E-state index in [4.69, 9.17) is 4.74 Å². The molecule has 0 aromatic carbocycles. The van der Waals surface area contributed by atoms with E-state index >= 15 is 0 Å². The molecule has 1 unspecified atom stereocenters. The minimum Gasteiger partial charge on any atom is -0.376 e. The topological polar surface area (TPSA) is 12.5 Å². The van der Waals surface area contributed by atoms with Gasteiger partial charge < -0.3 is 4.74 Å². The Morgan fingerprint density at radius 1 is 1.45 bits per heavy atom. The molecule has 0 N–H and O–H groups in total. The van der Waals surface area contributed by atoms with Gasteiger partial charge >= 0.3 is 0 Å². The highest BCUT2D eigenvalue weighted by atomic mass is 16.5. The van der Waals surface area contributed by atoms with Crippen molar-refractivity contribution < 1.29 is 4.74 Å². The maximum Gasteiger partial charge on any atom is 0.0700 e. The molecule has 1 aliphatic carbocycles. The van der Waals surface area contributed by atoms with Gasteiger partial charge in [0.1, 0.15) is 0 Å². The maximum atomic E-state index is 5.59. The van der Waals surface area contributed by atoms with Crippen molar-refractivity contribution in [3.05, 3.63) is 0 Å².